The zero-order chi connectivity index (χ0) is 40.9. The average molecular weight is 779 g/mol. The summed E-state index contributed by atoms with van der Waals surface area (Å²) in [4.78, 5) is 10.6. The van der Waals surface area contributed by atoms with Crippen LogP contribution in [0.2, 0.25) is 0 Å². The van der Waals surface area contributed by atoms with E-state index in [2.05, 4.69) is 232 Å². The van der Waals surface area contributed by atoms with Crippen molar-refractivity contribution in [1.82, 2.24) is 9.97 Å². The first-order chi connectivity index (χ1) is 30.0. The molecule has 10 aromatic rings. The molecule has 9 aromatic carbocycles. The summed E-state index contributed by atoms with van der Waals surface area (Å²) >= 11 is 0. The third kappa shape index (κ3) is 6.54. The van der Waals surface area contributed by atoms with Crippen molar-refractivity contribution >= 4 is 10.8 Å². The van der Waals surface area contributed by atoms with E-state index >= 15 is 0 Å². The molecule has 11 rings (SSSR count). The maximum atomic E-state index is 5.28. The summed E-state index contributed by atoms with van der Waals surface area (Å²) in [6, 6.07) is 78.5. The molecular formula is C59H42N2. The molecule has 0 fully saturated rings. The molecule has 61 heavy (non-hydrogen) atoms. The number of hydrogen-bond acceptors (Lipinski definition) is 2. The van der Waals surface area contributed by atoms with Crippen LogP contribution in [0.15, 0.2) is 218 Å². The van der Waals surface area contributed by atoms with Crippen molar-refractivity contribution in [3.05, 3.63) is 230 Å². The van der Waals surface area contributed by atoms with Crippen molar-refractivity contribution in [1.29, 1.82) is 0 Å². The second kappa shape index (κ2) is 14.9. The topological polar surface area (TPSA) is 25.8 Å². The zero-order valence-corrected chi connectivity index (χ0v) is 34.2. The van der Waals surface area contributed by atoms with Gasteiger partial charge in [0, 0.05) is 22.1 Å². The minimum atomic E-state index is -0.122. The fraction of sp³-hybridized carbons (Fsp3) is 0.0508. The van der Waals surface area contributed by atoms with Gasteiger partial charge >= 0.3 is 0 Å². The first kappa shape index (κ1) is 36.4. The molecule has 0 amide bonds. The maximum absolute atomic E-state index is 5.28. The molecule has 1 aliphatic carbocycles. The Bertz CT molecular complexity index is 3130. The van der Waals surface area contributed by atoms with Crippen molar-refractivity contribution in [3.63, 3.8) is 0 Å². The van der Waals surface area contributed by atoms with Gasteiger partial charge in [0.15, 0.2) is 5.82 Å². The molecule has 0 radical (unpaired) electrons. The minimum absolute atomic E-state index is 0.122. The van der Waals surface area contributed by atoms with Gasteiger partial charge in [-0.25, -0.2) is 9.97 Å². The second-order valence-electron chi connectivity index (χ2n) is 16.6. The standard InChI is InChI=1S/C59H42N2/c1-59(2)53-26-14-25-51(57(53)52-36-45-19-9-10-20-46(45)37-54(52)59)50-24-12-11-23-49(50)47-21-13-22-48(35-47)58-60-55(43-31-27-41(28-32-43)39-15-5-3-6-16-39)38-56(61-58)44-33-29-42(30-34-44)40-17-7-4-8-18-40/h3-38H,1-2H3. The van der Waals surface area contributed by atoms with Gasteiger partial charge in [-0.1, -0.05) is 208 Å². The Kier molecular flexibility index (Phi) is 8.86. The minimum Gasteiger partial charge on any atom is -0.228 e. The van der Waals surface area contributed by atoms with Gasteiger partial charge in [0.05, 0.1) is 11.4 Å². The number of benzene rings is 9. The van der Waals surface area contributed by atoms with Gasteiger partial charge in [0.25, 0.3) is 0 Å². The van der Waals surface area contributed by atoms with Crippen molar-refractivity contribution in [3.8, 4) is 89.5 Å². The molecule has 0 N–H and O–H groups in total. The number of hydrogen-bond donors (Lipinski definition) is 0. The Balaban J connectivity index is 1.03. The van der Waals surface area contributed by atoms with Crippen LogP contribution >= 0.6 is 0 Å². The first-order valence-corrected chi connectivity index (χ1v) is 21.1. The molecule has 0 atom stereocenters. The van der Waals surface area contributed by atoms with E-state index < -0.39 is 0 Å². The Labute approximate surface area is 357 Å². The lowest BCUT2D eigenvalue weighted by Crippen LogP contribution is -2.14. The number of nitrogens with zero attached hydrogens (tertiary/aromatic N) is 2. The predicted octanol–water partition coefficient (Wildman–Crippen LogP) is 15.6. The SMILES string of the molecule is CC1(C)c2cc3ccccc3cc2-c2c(-c3ccccc3-c3cccc(-c4nc(-c5ccc(-c6ccccc6)cc5)cc(-c5ccc(-c6ccccc6)cc5)n4)c3)cccc21. The van der Waals surface area contributed by atoms with Crippen LogP contribution < -0.4 is 0 Å². The van der Waals surface area contributed by atoms with E-state index in [1.54, 1.807) is 0 Å². The Morgan fingerprint density at radius 3 is 1.38 bits per heavy atom. The highest BCUT2D eigenvalue weighted by molar-refractivity contribution is 6.01. The van der Waals surface area contributed by atoms with Gasteiger partial charge in [-0.2, -0.15) is 0 Å². The third-order valence-corrected chi connectivity index (χ3v) is 12.5. The molecule has 1 aromatic heterocycles. The van der Waals surface area contributed by atoms with Gasteiger partial charge in [-0.05, 0) is 102 Å². The van der Waals surface area contributed by atoms with Crippen molar-refractivity contribution < 1.29 is 0 Å². The summed E-state index contributed by atoms with van der Waals surface area (Å²) in [7, 11) is 0. The maximum Gasteiger partial charge on any atom is 0.160 e. The molecule has 0 spiro atoms. The molecule has 0 aliphatic heterocycles. The quantitative estimate of drug-likeness (QED) is 0.161. The normalized spacial score (nSPS) is 12.6. The van der Waals surface area contributed by atoms with E-state index in [0.29, 0.717) is 5.82 Å². The summed E-state index contributed by atoms with van der Waals surface area (Å²) in [5.41, 5.74) is 19.6. The van der Waals surface area contributed by atoms with Crippen LogP contribution in [0.4, 0.5) is 0 Å². The molecule has 0 saturated heterocycles. The lowest BCUT2D eigenvalue weighted by atomic mass is 9.81. The number of rotatable bonds is 7. The van der Waals surface area contributed by atoms with E-state index in [4.69, 9.17) is 9.97 Å². The summed E-state index contributed by atoms with van der Waals surface area (Å²) in [5.74, 6) is 0.689. The van der Waals surface area contributed by atoms with Crippen LogP contribution in [0.5, 0.6) is 0 Å². The van der Waals surface area contributed by atoms with Crippen LogP contribution in [0, 0.1) is 0 Å². The van der Waals surface area contributed by atoms with Crippen LogP contribution in [-0.4, -0.2) is 9.97 Å². The highest BCUT2D eigenvalue weighted by Gasteiger charge is 2.37. The lowest BCUT2D eigenvalue weighted by molar-refractivity contribution is 0.661. The van der Waals surface area contributed by atoms with E-state index in [0.717, 1.165) is 33.6 Å². The summed E-state index contributed by atoms with van der Waals surface area (Å²) in [6.45, 7) is 4.73. The molecule has 1 aliphatic rings. The van der Waals surface area contributed by atoms with E-state index in [1.165, 1.54) is 72.0 Å². The monoisotopic (exact) mass is 778 g/mol. The lowest BCUT2D eigenvalue weighted by Gasteiger charge is -2.22. The first-order valence-electron chi connectivity index (χ1n) is 21.1. The Hall–Kier alpha value is -7.68. The van der Waals surface area contributed by atoms with Gasteiger partial charge in [-0.15, -0.1) is 0 Å². The third-order valence-electron chi connectivity index (χ3n) is 12.5. The molecular weight excluding hydrogens is 737 g/mol. The van der Waals surface area contributed by atoms with Gasteiger partial charge in [-0.3, -0.25) is 0 Å². The Morgan fingerprint density at radius 2 is 0.754 bits per heavy atom. The Morgan fingerprint density at radius 1 is 0.295 bits per heavy atom. The van der Waals surface area contributed by atoms with Crippen LogP contribution in [0.25, 0.3) is 100 Å². The van der Waals surface area contributed by atoms with Gasteiger partial charge in [0.1, 0.15) is 0 Å². The van der Waals surface area contributed by atoms with E-state index in [1.807, 2.05) is 0 Å². The zero-order valence-electron chi connectivity index (χ0n) is 34.2. The van der Waals surface area contributed by atoms with E-state index in [9.17, 15) is 0 Å². The summed E-state index contributed by atoms with van der Waals surface area (Å²) in [5, 5.41) is 2.55. The largest absolute Gasteiger partial charge is 0.228 e. The average Bonchev–Trinajstić information content (AvgIpc) is 3.56. The predicted molar refractivity (Wildman–Crippen MR) is 255 cm³/mol. The smallest absolute Gasteiger partial charge is 0.160 e. The molecule has 0 unspecified atom stereocenters. The van der Waals surface area contributed by atoms with Crippen LogP contribution in [0.3, 0.4) is 0 Å². The highest BCUT2D eigenvalue weighted by Crippen LogP contribution is 2.54. The van der Waals surface area contributed by atoms with Gasteiger partial charge in [0.2, 0.25) is 0 Å². The van der Waals surface area contributed by atoms with Crippen molar-refractivity contribution in [2.45, 2.75) is 19.3 Å². The van der Waals surface area contributed by atoms with Crippen LogP contribution in [-0.2, 0) is 5.41 Å². The van der Waals surface area contributed by atoms with Crippen molar-refractivity contribution in [2.24, 2.45) is 0 Å². The summed E-state index contributed by atoms with van der Waals surface area (Å²) < 4.78 is 0. The molecule has 0 saturated carbocycles. The fourth-order valence-electron chi connectivity index (χ4n) is 9.29. The molecule has 2 heteroatoms. The van der Waals surface area contributed by atoms with E-state index in [-0.39, 0.29) is 5.41 Å². The second-order valence-corrected chi connectivity index (χ2v) is 16.6. The van der Waals surface area contributed by atoms with Crippen molar-refractivity contribution in [2.75, 3.05) is 0 Å². The molecule has 1 heterocycles. The number of aromatic nitrogens is 2. The summed E-state index contributed by atoms with van der Waals surface area (Å²) in [6.07, 6.45) is 0. The van der Waals surface area contributed by atoms with Crippen LogP contribution in [0.1, 0.15) is 25.0 Å². The molecule has 288 valence electrons. The number of fused-ring (bicyclic) bond motifs is 4. The molecule has 0 bridgehead atoms. The van der Waals surface area contributed by atoms with Gasteiger partial charge < -0.3 is 0 Å². The highest BCUT2D eigenvalue weighted by atomic mass is 14.9. The fourth-order valence-corrected chi connectivity index (χ4v) is 9.29. The molecule has 2 nitrogen and oxygen atoms in total.